The van der Waals surface area contributed by atoms with Gasteiger partial charge in [0.15, 0.2) is 0 Å². The number of anilines is 1. The van der Waals surface area contributed by atoms with Gasteiger partial charge in [-0.3, -0.25) is 4.79 Å². The molecule has 2 N–H and O–H groups in total. The van der Waals surface area contributed by atoms with E-state index in [4.69, 9.17) is 17.3 Å². The van der Waals surface area contributed by atoms with Gasteiger partial charge in [0.05, 0.1) is 5.02 Å². The molecule has 10 heavy (non-hydrogen) atoms. The first-order chi connectivity index (χ1) is 4.63. The molecule has 54 valence electrons. The Hall–Kier alpha value is -0.960. The highest BCUT2D eigenvalue weighted by Gasteiger charge is 1.99. The van der Waals surface area contributed by atoms with Crippen LogP contribution >= 0.6 is 11.6 Å². The Morgan fingerprint density at radius 2 is 2.30 bits per heavy atom. The maximum atomic E-state index is 10.9. The molecule has 0 fully saturated rings. The summed E-state index contributed by atoms with van der Waals surface area (Å²) in [5.41, 5.74) is 5.16. The molecule has 0 aromatic carbocycles. The molecular weight excluding hydrogens is 152 g/mol. The van der Waals surface area contributed by atoms with Gasteiger partial charge in [-0.2, -0.15) is 0 Å². The van der Waals surface area contributed by atoms with Crippen LogP contribution in [0.3, 0.4) is 0 Å². The summed E-state index contributed by atoms with van der Waals surface area (Å²) in [7, 11) is 1.62. The van der Waals surface area contributed by atoms with Gasteiger partial charge in [-0.1, -0.05) is 11.6 Å². The molecule has 0 aliphatic carbocycles. The fraction of sp³-hybridized carbons (Fsp3) is 0.167. The number of nitrogens with two attached hydrogens (primary N) is 1. The van der Waals surface area contributed by atoms with Crippen LogP contribution in [0, 0.1) is 0 Å². The zero-order valence-corrected chi connectivity index (χ0v) is 6.22. The van der Waals surface area contributed by atoms with Crippen molar-refractivity contribution >= 4 is 17.3 Å². The van der Waals surface area contributed by atoms with Crippen molar-refractivity contribution in [2.75, 3.05) is 5.73 Å². The maximum absolute atomic E-state index is 10.9. The molecule has 1 aromatic heterocycles. The van der Waals surface area contributed by atoms with Gasteiger partial charge in [0.1, 0.15) is 5.69 Å². The quantitative estimate of drug-likeness (QED) is 0.602. The van der Waals surface area contributed by atoms with E-state index in [0.29, 0.717) is 5.02 Å². The van der Waals surface area contributed by atoms with Crippen LogP contribution in [-0.4, -0.2) is 4.57 Å². The normalized spacial score (nSPS) is 9.80. The van der Waals surface area contributed by atoms with Crippen molar-refractivity contribution < 1.29 is 0 Å². The highest BCUT2D eigenvalue weighted by molar-refractivity contribution is 6.32. The van der Waals surface area contributed by atoms with E-state index in [1.165, 1.54) is 4.57 Å². The minimum absolute atomic E-state index is 0.103. The summed E-state index contributed by atoms with van der Waals surface area (Å²) in [5, 5.41) is 0.308. The second-order valence-electron chi connectivity index (χ2n) is 1.99. The van der Waals surface area contributed by atoms with Crippen LogP contribution in [0.15, 0.2) is 17.1 Å². The Labute approximate surface area is 63.0 Å². The smallest absolute Gasteiger partial charge is 0.274 e. The molecule has 0 saturated heterocycles. The van der Waals surface area contributed by atoms with Gasteiger partial charge in [-0.05, 0) is 6.07 Å². The molecule has 4 heteroatoms. The van der Waals surface area contributed by atoms with E-state index in [1.807, 2.05) is 0 Å². The fourth-order valence-corrected chi connectivity index (χ4v) is 0.764. The largest absolute Gasteiger partial charge is 0.393 e. The molecule has 0 radical (unpaired) electrons. The molecule has 0 aliphatic heterocycles. The topological polar surface area (TPSA) is 48.0 Å². The second kappa shape index (κ2) is 2.34. The highest BCUT2D eigenvalue weighted by atomic mass is 35.5. The minimum Gasteiger partial charge on any atom is -0.393 e. The van der Waals surface area contributed by atoms with Gasteiger partial charge >= 0.3 is 0 Å². The number of hydrogen-bond donors (Lipinski definition) is 1. The SMILES string of the molecule is Cn1ccc(Cl)c(N)c1=O. The summed E-state index contributed by atoms with van der Waals surface area (Å²) in [6, 6.07) is 1.58. The van der Waals surface area contributed by atoms with Crippen molar-refractivity contribution in [3.05, 3.63) is 27.6 Å². The fourth-order valence-electron chi connectivity index (χ4n) is 0.627. The number of pyridine rings is 1. The van der Waals surface area contributed by atoms with E-state index in [9.17, 15) is 4.79 Å². The summed E-state index contributed by atoms with van der Waals surface area (Å²) < 4.78 is 1.38. The van der Waals surface area contributed by atoms with E-state index in [2.05, 4.69) is 0 Å². The summed E-state index contributed by atoms with van der Waals surface area (Å²) in [6.45, 7) is 0. The third-order valence-corrected chi connectivity index (χ3v) is 1.58. The van der Waals surface area contributed by atoms with E-state index < -0.39 is 0 Å². The van der Waals surface area contributed by atoms with E-state index >= 15 is 0 Å². The van der Waals surface area contributed by atoms with Crippen LogP contribution in [0.2, 0.25) is 5.02 Å². The van der Waals surface area contributed by atoms with Gasteiger partial charge in [0.25, 0.3) is 5.56 Å². The molecule has 0 spiro atoms. The number of rotatable bonds is 0. The van der Waals surface area contributed by atoms with Crippen LogP contribution in [0.1, 0.15) is 0 Å². The molecule has 0 unspecified atom stereocenters. The van der Waals surface area contributed by atoms with Gasteiger partial charge in [0.2, 0.25) is 0 Å². The molecule has 0 atom stereocenters. The monoisotopic (exact) mass is 158 g/mol. The molecular formula is C6H7ClN2O. The first-order valence-electron chi connectivity index (χ1n) is 2.73. The predicted molar refractivity (Wildman–Crippen MR) is 41.1 cm³/mol. The van der Waals surface area contributed by atoms with Crippen molar-refractivity contribution in [1.29, 1.82) is 0 Å². The number of nitrogens with zero attached hydrogens (tertiary/aromatic N) is 1. The zero-order valence-electron chi connectivity index (χ0n) is 5.47. The van der Waals surface area contributed by atoms with Crippen molar-refractivity contribution in [1.82, 2.24) is 4.57 Å². The summed E-state index contributed by atoms with van der Waals surface area (Å²) >= 11 is 5.55. The van der Waals surface area contributed by atoms with Crippen LogP contribution < -0.4 is 11.3 Å². The average molecular weight is 159 g/mol. The third kappa shape index (κ3) is 0.998. The van der Waals surface area contributed by atoms with Crippen molar-refractivity contribution in [3.8, 4) is 0 Å². The Balaban J connectivity index is 3.50. The molecule has 0 bridgehead atoms. The van der Waals surface area contributed by atoms with Crippen molar-refractivity contribution in [3.63, 3.8) is 0 Å². The van der Waals surface area contributed by atoms with Crippen molar-refractivity contribution in [2.45, 2.75) is 0 Å². The molecule has 1 aromatic rings. The van der Waals surface area contributed by atoms with Gasteiger partial charge in [-0.25, -0.2) is 0 Å². The first-order valence-corrected chi connectivity index (χ1v) is 3.11. The lowest BCUT2D eigenvalue weighted by Gasteiger charge is -1.98. The van der Waals surface area contributed by atoms with Crippen LogP contribution in [0.25, 0.3) is 0 Å². The van der Waals surface area contributed by atoms with Crippen molar-refractivity contribution in [2.24, 2.45) is 7.05 Å². The van der Waals surface area contributed by atoms with E-state index in [1.54, 1.807) is 19.3 Å². The molecule has 1 heterocycles. The third-order valence-electron chi connectivity index (χ3n) is 1.25. The van der Waals surface area contributed by atoms with E-state index in [-0.39, 0.29) is 11.2 Å². The molecule has 3 nitrogen and oxygen atoms in total. The lowest BCUT2D eigenvalue weighted by Crippen LogP contribution is -2.19. The Kier molecular flexibility index (Phi) is 1.68. The van der Waals surface area contributed by atoms with Gasteiger partial charge in [-0.15, -0.1) is 0 Å². The minimum atomic E-state index is -0.257. The number of aromatic nitrogens is 1. The predicted octanol–water partition coefficient (Wildman–Crippen LogP) is 0.621. The maximum Gasteiger partial charge on any atom is 0.274 e. The zero-order chi connectivity index (χ0) is 7.72. The van der Waals surface area contributed by atoms with E-state index in [0.717, 1.165) is 0 Å². The second-order valence-corrected chi connectivity index (χ2v) is 2.40. The summed E-state index contributed by atoms with van der Waals surface area (Å²) in [4.78, 5) is 10.9. The highest BCUT2D eigenvalue weighted by Crippen LogP contribution is 2.11. The number of hydrogen-bond acceptors (Lipinski definition) is 2. The van der Waals surface area contributed by atoms with Crippen LogP contribution in [-0.2, 0) is 7.05 Å². The number of nitrogen functional groups attached to an aromatic ring is 1. The summed E-state index contributed by atoms with van der Waals surface area (Å²) in [5.74, 6) is 0. The lowest BCUT2D eigenvalue weighted by atomic mass is 10.4. The lowest BCUT2D eigenvalue weighted by molar-refractivity contribution is 0.864. The molecule has 0 amide bonds. The van der Waals surface area contributed by atoms with Gasteiger partial charge < -0.3 is 10.3 Å². The number of halogens is 1. The Morgan fingerprint density at radius 1 is 1.70 bits per heavy atom. The Bertz CT molecular complexity index is 305. The summed E-state index contributed by atoms with van der Waals surface area (Å²) in [6.07, 6.45) is 1.57. The standard InChI is InChI=1S/C6H7ClN2O/c1-9-3-2-4(7)5(8)6(9)10/h2-3H,8H2,1H3. The number of aryl methyl sites for hydroxylation is 1. The Morgan fingerprint density at radius 3 is 2.80 bits per heavy atom. The molecule has 0 aliphatic rings. The molecule has 0 saturated carbocycles. The molecule has 1 rings (SSSR count). The van der Waals surface area contributed by atoms with Crippen LogP contribution in [0.4, 0.5) is 5.69 Å². The average Bonchev–Trinajstić information content (AvgIpc) is 1.93. The van der Waals surface area contributed by atoms with Gasteiger partial charge in [0, 0.05) is 13.2 Å². The first kappa shape index (κ1) is 7.15. The van der Waals surface area contributed by atoms with Crippen LogP contribution in [0.5, 0.6) is 0 Å².